The van der Waals surface area contributed by atoms with E-state index in [2.05, 4.69) is 5.32 Å². The van der Waals surface area contributed by atoms with E-state index in [-0.39, 0.29) is 17.9 Å². The van der Waals surface area contributed by atoms with E-state index >= 15 is 0 Å². The van der Waals surface area contributed by atoms with Gasteiger partial charge in [-0.25, -0.2) is 4.79 Å². The first-order chi connectivity index (χ1) is 9.83. The van der Waals surface area contributed by atoms with Crippen LogP contribution in [0.25, 0.3) is 0 Å². The molecule has 5 nitrogen and oxygen atoms in total. The Labute approximate surface area is 125 Å². The quantitative estimate of drug-likeness (QED) is 0.822. The Bertz CT molecular complexity index is 479. The first-order valence-electron chi connectivity index (χ1n) is 7.37. The van der Waals surface area contributed by atoms with Gasteiger partial charge in [0.2, 0.25) is 0 Å². The Morgan fingerprint density at radius 2 is 2.00 bits per heavy atom. The number of piperidine rings is 1. The SMILES string of the molecule is CC(C)(C)OC(=O)N1CCCC(Nc2ccc(O)cc2)C1. The summed E-state index contributed by atoms with van der Waals surface area (Å²) in [4.78, 5) is 13.9. The van der Waals surface area contributed by atoms with Gasteiger partial charge < -0.3 is 20.1 Å². The second-order valence-electron chi connectivity index (χ2n) is 6.46. The van der Waals surface area contributed by atoms with E-state index in [4.69, 9.17) is 4.74 Å². The number of rotatable bonds is 2. The Morgan fingerprint density at radius 3 is 2.62 bits per heavy atom. The van der Waals surface area contributed by atoms with Crippen molar-refractivity contribution >= 4 is 11.8 Å². The monoisotopic (exact) mass is 292 g/mol. The maximum Gasteiger partial charge on any atom is 0.410 e. The molecular formula is C16H24N2O3. The Hall–Kier alpha value is -1.91. The Kier molecular flexibility index (Phi) is 4.60. The number of phenolic OH excluding ortho intramolecular Hbond substituents is 1. The number of hydrogen-bond acceptors (Lipinski definition) is 4. The van der Waals surface area contributed by atoms with Crippen LogP contribution in [0.4, 0.5) is 10.5 Å². The number of anilines is 1. The van der Waals surface area contributed by atoms with Crippen LogP contribution in [-0.2, 0) is 4.74 Å². The molecule has 1 aliphatic rings. The number of benzene rings is 1. The summed E-state index contributed by atoms with van der Waals surface area (Å²) in [5.74, 6) is 0.250. The average Bonchev–Trinajstić information content (AvgIpc) is 2.40. The molecule has 0 spiro atoms. The molecule has 1 aromatic rings. The minimum Gasteiger partial charge on any atom is -0.508 e. The van der Waals surface area contributed by atoms with Gasteiger partial charge in [-0.15, -0.1) is 0 Å². The molecule has 2 N–H and O–H groups in total. The number of amides is 1. The minimum atomic E-state index is -0.464. The van der Waals surface area contributed by atoms with Gasteiger partial charge in [0.15, 0.2) is 0 Å². The lowest BCUT2D eigenvalue weighted by atomic mass is 10.1. The van der Waals surface area contributed by atoms with E-state index in [9.17, 15) is 9.90 Å². The van der Waals surface area contributed by atoms with Gasteiger partial charge in [-0.1, -0.05) is 0 Å². The third-order valence-electron chi connectivity index (χ3n) is 3.31. The van der Waals surface area contributed by atoms with E-state index < -0.39 is 5.60 Å². The highest BCUT2D eigenvalue weighted by Crippen LogP contribution is 2.20. The fourth-order valence-electron chi connectivity index (χ4n) is 2.38. The maximum absolute atomic E-state index is 12.1. The predicted octanol–water partition coefficient (Wildman–Crippen LogP) is 3.20. The summed E-state index contributed by atoms with van der Waals surface area (Å²) in [6.07, 6.45) is 1.72. The molecule has 1 fully saturated rings. The molecule has 5 heteroatoms. The van der Waals surface area contributed by atoms with Crippen LogP contribution < -0.4 is 5.32 Å². The number of nitrogens with one attached hydrogen (secondary N) is 1. The molecular weight excluding hydrogens is 268 g/mol. The zero-order valence-corrected chi connectivity index (χ0v) is 12.9. The van der Waals surface area contributed by atoms with Gasteiger partial charge in [-0.05, 0) is 57.9 Å². The molecule has 2 rings (SSSR count). The molecule has 1 aliphatic heterocycles. The van der Waals surface area contributed by atoms with Crippen molar-refractivity contribution in [2.45, 2.75) is 45.3 Å². The van der Waals surface area contributed by atoms with Crippen LogP contribution in [0.15, 0.2) is 24.3 Å². The summed E-state index contributed by atoms with van der Waals surface area (Å²) < 4.78 is 5.42. The highest BCUT2D eigenvalue weighted by atomic mass is 16.6. The number of likely N-dealkylation sites (tertiary alicyclic amines) is 1. The van der Waals surface area contributed by atoms with Crippen LogP contribution in [0.2, 0.25) is 0 Å². The van der Waals surface area contributed by atoms with Crippen molar-refractivity contribution in [2.75, 3.05) is 18.4 Å². The molecule has 1 heterocycles. The molecule has 1 aromatic carbocycles. The second-order valence-corrected chi connectivity index (χ2v) is 6.46. The summed E-state index contributed by atoms with van der Waals surface area (Å²) in [5.41, 5.74) is 0.484. The first-order valence-corrected chi connectivity index (χ1v) is 7.37. The first kappa shape index (κ1) is 15.5. The normalized spacial score (nSPS) is 19.2. The second kappa shape index (κ2) is 6.24. The van der Waals surface area contributed by atoms with Crippen LogP contribution in [0.1, 0.15) is 33.6 Å². The van der Waals surface area contributed by atoms with Crippen molar-refractivity contribution in [3.05, 3.63) is 24.3 Å². The number of carbonyl (C=O) groups excluding carboxylic acids is 1. The van der Waals surface area contributed by atoms with Crippen LogP contribution in [0.5, 0.6) is 5.75 Å². The summed E-state index contributed by atoms with van der Waals surface area (Å²) in [6, 6.07) is 7.17. The third kappa shape index (κ3) is 4.85. The summed E-state index contributed by atoms with van der Waals surface area (Å²) in [6.45, 7) is 7.00. The number of carbonyl (C=O) groups is 1. The smallest absolute Gasteiger partial charge is 0.410 e. The molecule has 0 bridgehead atoms. The standard InChI is InChI=1S/C16H24N2O3/c1-16(2,3)21-15(20)18-10-4-5-13(11-18)17-12-6-8-14(19)9-7-12/h6-9,13,17,19H,4-5,10-11H2,1-3H3. The van der Waals surface area contributed by atoms with E-state index in [1.165, 1.54) is 0 Å². The number of hydrogen-bond donors (Lipinski definition) is 2. The Balaban J connectivity index is 1.91. The average molecular weight is 292 g/mol. The molecule has 0 aliphatic carbocycles. The maximum atomic E-state index is 12.1. The lowest BCUT2D eigenvalue weighted by Crippen LogP contribution is -2.46. The topological polar surface area (TPSA) is 61.8 Å². The number of ether oxygens (including phenoxy) is 1. The van der Waals surface area contributed by atoms with Crippen molar-refractivity contribution in [1.82, 2.24) is 4.90 Å². The van der Waals surface area contributed by atoms with E-state index in [1.54, 1.807) is 17.0 Å². The molecule has 21 heavy (non-hydrogen) atoms. The van der Waals surface area contributed by atoms with Gasteiger partial charge in [0.1, 0.15) is 11.4 Å². The fourth-order valence-corrected chi connectivity index (χ4v) is 2.38. The molecule has 1 amide bonds. The molecule has 1 unspecified atom stereocenters. The lowest BCUT2D eigenvalue weighted by molar-refractivity contribution is 0.0206. The van der Waals surface area contributed by atoms with Gasteiger partial charge in [-0.3, -0.25) is 0 Å². The van der Waals surface area contributed by atoms with E-state index in [1.807, 2.05) is 32.9 Å². The number of nitrogens with zero attached hydrogens (tertiary/aromatic N) is 1. The summed E-state index contributed by atoms with van der Waals surface area (Å²) >= 11 is 0. The van der Waals surface area contributed by atoms with Gasteiger partial charge in [0.05, 0.1) is 0 Å². The van der Waals surface area contributed by atoms with Crippen LogP contribution in [0, 0.1) is 0 Å². The molecule has 0 saturated carbocycles. The van der Waals surface area contributed by atoms with Crippen molar-refractivity contribution in [2.24, 2.45) is 0 Å². The van der Waals surface area contributed by atoms with Gasteiger partial charge in [-0.2, -0.15) is 0 Å². The Morgan fingerprint density at radius 1 is 1.33 bits per heavy atom. The summed E-state index contributed by atoms with van der Waals surface area (Å²) in [5, 5.41) is 12.7. The van der Waals surface area contributed by atoms with E-state index in [0.29, 0.717) is 6.54 Å². The van der Waals surface area contributed by atoms with Crippen molar-refractivity contribution < 1.29 is 14.6 Å². The van der Waals surface area contributed by atoms with Gasteiger partial charge in [0, 0.05) is 24.8 Å². The highest BCUT2D eigenvalue weighted by Gasteiger charge is 2.27. The molecule has 0 aromatic heterocycles. The molecule has 116 valence electrons. The molecule has 1 atom stereocenters. The lowest BCUT2D eigenvalue weighted by Gasteiger charge is -2.34. The largest absolute Gasteiger partial charge is 0.508 e. The zero-order valence-electron chi connectivity index (χ0n) is 12.9. The minimum absolute atomic E-state index is 0.204. The van der Waals surface area contributed by atoms with Crippen LogP contribution in [-0.4, -0.2) is 40.8 Å². The molecule has 0 radical (unpaired) electrons. The van der Waals surface area contributed by atoms with Crippen molar-refractivity contribution in [1.29, 1.82) is 0 Å². The van der Waals surface area contributed by atoms with Crippen molar-refractivity contribution in [3.63, 3.8) is 0 Å². The summed E-state index contributed by atoms with van der Waals surface area (Å²) in [7, 11) is 0. The van der Waals surface area contributed by atoms with E-state index in [0.717, 1.165) is 25.1 Å². The highest BCUT2D eigenvalue weighted by molar-refractivity contribution is 5.68. The fraction of sp³-hybridized carbons (Fsp3) is 0.562. The zero-order chi connectivity index (χ0) is 15.5. The number of phenols is 1. The molecule has 1 saturated heterocycles. The third-order valence-corrected chi connectivity index (χ3v) is 3.31. The van der Waals surface area contributed by atoms with Gasteiger partial charge >= 0.3 is 6.09 Å². The van der Waals surface area contributed by atoms with Crippen LogP contribution >= 0.6 is 0 Å². The van der Waals surface area contributed by atoms with Crippen LogP contribution in [0.3, 0.4) is 0 Å². The van der Waals surface area contributed by atoms with Gasteiger partial charge in [0.25, 0.3) is 0 Å². The predicted molar refractivity (Wildman–Crippen MR) is 82.6 cm³/mol. The number of aromatic hydroxyl groups is 1. The van der Waals surface area contributed by atoms with Crippen molar-refractivity contribution in [3.8, 4) is 5.75 Å².